The van der Waals surface area contributed by atoms with E-state index in [-0.39, 0.29) is 18.3 Å². The van der Waals surface area contributed by atoms with Crippen LogP contribution in [0.3, 0.4) is 0 Å². The Morgan fingerprint density at radius 3 is 2.88 bits per heavy atom. The van der Waals surface area contributed by atoms with Crippen LogP contribution < -0.4 is 5.32 Å². The number of aromatic nitrogens is 3. The molecule has 0 unspecified atom stereocenters. The van der Waals surface area contributed by atoms with E-state index < -0.39 is 0 Å². The third-order valence-corrected chi connectivity index (χ3v) is 4.57. The molecule has 1 amide bonds. The predicted molar refractivity (Wildman–Crippen MR) is 92.8 cm³/mol. The summed E-state index contributed by atoms with van der Waals surface area (Å²) in [5, 5.41) is 8.08. The smallest absolute Gasteiger partial charge is 0.252 e. The third kappa shape index (κ3) is 2.99. The number of amides is 1. The van der Waals surface area contributed by atoms with Crippen LogP contribution in [0, 0.1) is 12.7 Å². The Balaban J connectivity index is 1.68. The van der Waals surface area contributed by atoms with Gasteiger partial charge >= 0.3 is 0 Å². The highest BCUT2D eigenvalue weighted by atomic mass is 19.1. The molecule has 0 aliphatic heterocycles. The van der Waals surface area contributed by atoms with Crippen molar-refractivity contribution in [2.24, 2.45) is 7.05 Å². The number of pyridine rings is 1. The van der Waals surface area contributed by atoms with E-state index in [0.29, 0.717) is 11.5 Å². The molecule has 6 heteroatoms. The van der Waals surface area contributed by atoms with Crippen molar-refractivity contribution in [3.63, 3.8) is 0 Å². The van der Waals surface area contributed by atoms with Gasteiger partial charge in [-0.05, 0) is 43.5 Å². The molecular formula is C19H19FN4O. The number of benzene rings is 1. The van der Waals surface area contributed by atoms with Crippen LogP contribution in [-0.4, -0.2) is 20.7 Å². The van der Waals surface area contributed by atoms with Crippen molar-refractivity contribution in [3.8, 4) is 0 Å². The van der Waals surface area contributed by atoms with E-state index >= 15 is 0 Å². The van der Waals surface area contributed by atoms with E-state index in [4.69, 9.17) is 4.98 Å². The maximum absolute atomic E-state index is 13.3. The van der Waals surface area contributed by atoms with Crippen LogP contribution in [0.1, 0.15) is 46.1 Å². The van der Waals surface area contributed by atoms with Gasteiger partial charge in [0.15, 0.2) is 5.65 Å². The minimum atomic E-state index is -0.308. The third-order valence-electron chi connectivity index (χ3n) is 4.57. The number of nitrogens with one attached hydrogen (secondary N) is 1. The lowest BCUT2D eigenvalue weighted by atomic mass is 10.1. The Morgan fingerprint density at radius 1 is 1.36 bits per heavy atom. The van der Waals surface area contributed by atoms with Crippen molar-refractivity contribution in [3.05, 3.63) is 58.7 Å². The second-order valence-electron chi connectivity index (χ2n) is 6.59. The number of aryl methyl sites for hydroxylation is 2. The molecule has 1 saturated carbocycles. The predicted octanol–water partition coefficient (Wildman–Crippen LogP) is 3.22. The molecule has 128 valence electrons. The van der Waals surface area contributed by atoms with Crippen LogP contribution in [-0.2, 0) is 13.6 Å². The topological polar surface area (TPSA) is 59.8 Å². The summed E-state index contributed by atoms with van der Waals surface area (Å²) < 4.78 is 15.0. The number of carbonyl (C=O) groups excluding carboxylic acids is 1. The zero-order valence-corrected chi connectivity index (χ0v) is 14.2. The molecular weight excluding hydrogens is 319 g/mol. The summed E-state index contributed by atoms with van der Waals surface area (Å²) in [6, 6.07) is 8.12. The molecule has 0 atom stereocenters. The van der Waals surface area contributed by atoms with Gasteiger partial charge in [0, 0.05) is 25.2 Å². The van der Waals surface area contributed by atoms with Crippen molar-refractivity contribution >= 4 is 16.9 Å². The molecule has 0 saturated heterocycles. The van der Waals surface area contributed by atoms with E-state index in [9.17, 15) is 9.18 Å². The molecule has 1 aliphatic carbocycles. The average molecular weight is 338 g/mol. The largest absolute Gasteiger partial charge is 0.348 e. The minimum Gasteiger partial charge on any atom is -0.348 e. The Hall–Kier alpha value is -2.76. The summed E-state index contributed by atoms with van der Waals surface area (Å²) >= 11 is 0. The van der Waals surface area contributed by atoms with E-state index in [1.807, 2.05) is 20.0 Å². The van der Waals surface area contributed by atoms with Crippen LogP contribution in [0.15, 0.2) is 30.3 Å². The minimum absolute atomic E-state index is 0.185. The van der Waals surface area contributed by atoms with E-state index in [2.05, 4.69) is 10.4 Å². The van der Waals surface area contributed by atoms with Crippen molar-refractivity contribution in [1.82, 2.24) is 20.1 Å². The Labute approximate surface area is 144 Å². The summed E-state index contributed by atoms with van der Waals surface area (Å²) in [5.41, 5.74) is 3.78. The van der Waals surface area contributed by atoms with Gasteiger partial charge in [0.05, 0.1) is 16.6 Å². The lowest BCUT2D eigenvalue weighted by molar-refractivity contribution is 0.0952. The summed E-state index contributed by atoms with van der Waals surface area (Å²) in [5.74, 6) is -0.0544. The molecule has 1 fully saturated rings. The highest BCUT2D eigenvalue weighted by molar-refractivity contribution is 6.06. The Bertz CT molecular complexity index is 975. The molecule has 2 heterocycles. The average Bonchev–Trinajstić information content (AvgIpc) is 3.39. The fourth-order valence-electron chi connectivity index (χ4n) is 3.16. The molecule has 5 nitrogen and oxygen atoms in total. The lowest BCUT2D eigenvalue weighted by Gasteiger charge is -2.09. The van der Waals surface area contributed by atoms with Gasteiger partial charge in [-0.15, -0.1) is 0 Å². The molecule has 25 heavy (non-hydrogen) atoms. The van der Waals surface area contributed by atoms with Crippen molar-refractivity contribution in [1.29, 1.82) is 0 Å². The zero-order valence-electron chi connectivity index (χ0n) is 14.2. The number of hydrogen-bond donors (Lipinski definition) is 1. The van der Waals surface area contributed by atoms with Gasteiger partial charge in [0.1, 0.15) is 5.82 Å². The lowest BCUT2D eigenvalue weighted by Crippen LogP contribution is -2.23. The van der Waals surface area contributed by atoms with E-state index in [1.54, 1.807) is 16.8 Å². The molecule has 0 radical (unpaired) electrons. The quantitative estimate of drug-likeness (QED) is 0.794. The number of fused-ring (bicyclic) bond motifs is 1. The van der Waals surface area contributed by atoms with Crippen molar-refractivity contribution in [2.45, 2.75) is 32.2 Å². The number of nitrogens with zero attached hydrogens (tertiary/aromatic N) is 3. The van der Waals surface area contributed by atoms with E-state index in [1.165, 1.54) is 12.1 Å². The number of halogens is 1. The summed E-state index contributed by atoms with van der Waals surface area (Å²) in [4.78, 5) is 17.5. The standard InChI is InChI=1S/C19H19FN4O/c1-11-17-15(19(25)21-10-12-4-3-5-14(20)8-12)9-16(13-6-7-13)22-18(17)24(2)23-11/h3-5,8-9,13H,6-7,10H2,1-2H3,(H,21,25). The summed E-state index contributed by atoms with van der Waals surface area (Å²) in [6.45, 7) is 2.16. The Morgan fingerprint density at radius 2 is 2.16 bits per heavy atom. The Kier molecular flexibility index (Phi) is 3.75. The zero-order chi connectivity index (χ0) is 17.6. The SMILES string of the molecule is Cc1nn(C)c2nc(C3CC3)cc(C(=O)NCc3cccc(F)c3)c12. The maximum atomic E-state index is 13.3. The normalized spacial score (nSPS) is 14.0. The van der Waals surface area contributed by atoms with Gasteiger partial charge < -0.3 is 5.32 Å². The molecule has 0 spiro atoms. The van der Waals surface area contributed by atoms with Crippen molar-refractivity contribution < 1.29 is 9.18 Å². The number of rotatable bonds is 4. The highest BCUT2D eigenvalue weighted by Gasteiger charge is 2.28. The maximum Gasteiger partial charge on any atom is 0.252 e. The molecule has 1 N–H and O–H groups in total. The first-order chi connectivity index (χ1) is 12.0. The summed E-state index contributed by atoms with van der Waals surface area (Å²) in [7, 11) is 1.84. The molecule has 1 aromatic carbocycles. The molecule has 4 rings (SSSR count). The fourth-order valence-corrected chi connectivity index (χ4v) is 3.16. The molecule has 3 aromatic rings. The summed E-state index contributed by atoms with van der Waals surface area (Å²) in [6.07, 6.45) is 2.22. The van der Waals surface area contributed by atoms with Crippen molar-refractivity contribution in [2.75, 3.05) is 0 Å². The monoisotopic (exact) mass is 338 g/mol. The second-order valence-corrected chi connectivity index (χ2v) is 6.59. The van der Waals surface area contributed by atoms with Crippen LogP contribution in [0.25, 0.3) is 11.0 Å². The first-order valence-corrected chi connectivity index (χ1v) is 8.40. The van der Waals surface area contributed by atoms with Gasteiger partial charge in [-0.3, -0.25) is 9.48 Å². The van der Waals surface area contributed by atoms with Crippen LogP contribution in [0.4, 0.5) is 4.39 Å². The van der Waals surface area contributed by atoms with Gasteiger partial charge in [0.25, 0.3) is 5.91 Å². The second kappa shape index (κ2) is 5.95. The van der Waals surface area contributed by atoms with Crippen LogP contribution in [0.2, 0.25) is 0 Å². The molecule has 1 aliphatic rings. The van der Waals surface area contributed by atoms with Gasteiger partial charge in [-0.25, -0.2) is 9.37 Å². The highest BCUT2D eigenvalue weighted by Crippen LogP contribution is 2.40. The molecule has 0 bridgehead atoms. The van der Waals surface area contributed by atoms with Gasteiger partial charge in [-0.1, -0.05) is 12.1 Å². The van der Waals surface area contributed by atoms with E-state index in [0.717, 1.165) is 40.8 Å². The van der Waals surface area contributed by atoms with Crippen LogP contribution in [0.5, 0.6) is 0 Å². The number of carbonyl (C=O) groups is 1. The first kappa shape index (κ1) is 15.7. The van der Waals surface area contributed by atoms with Crippen LogP contribution >= 0.6 is 0 Å². The molecule has 2 aromatic heterocycles. The van der Waals surface area contributed by atoms with Gasteiger partial charge in [-0.2, -0.15) is 5.10 Å². The fraction of sp³-hybridized carbons (Fsp3) is 0.316. The first-order valence-electron chi connectivity index (χ1n) is 8.40. The number of hydrogen-bond acceptors (Lipinski definition) is 3. The van der Waals surface area contributed by atoms with Gasteiger partial charge in [0.2, 0.25) is 0 Å².